The summed E-state index contributed by atoms with van der Waals surface area (Å²) in [6, 6.07) is 0. The molecule has 1 atom stereocenters. The van der Waals surface area contributed by atoms with E-state index in [4.69, 9.17) is 5.73 Å². The van der Waals surface area contributed by atoms with Crippen molar-refractivity contribution in [3.8, 4) is 0 Å². The quantitative estimate of drug-likeness (QED) is 0.630. The van der Waals surface area contributed by atoms with Crippen LogP contribution in [0.1, 0.15) is 30.3 Å². The van der Waals surface area contributed by atoms with Gasteiger partial charge in [-0.3, -0.25) is 0 Å². The highest BCUT2D eigenvalue weighted by Crippen LogP contribution is 2.22. The van der Waals surface area contributed by atoms with Gasteiger partial charge in [-0.15, -0.1) is 0 Å². The van der Waals surface area contributed by atoms with Crippen molar-refractivity contribution in [2.75, 3.05) is 6.54 Å². The molecule has 3 nitrogen and oxygen atoms in total. The van der Waals surface area contributed by atoms with Crippen LogP contribution in [0.2, 0.25) is 0 Å². The van der Waals surface area contributed by atoms with Crippen molar-refractivity contribution in [2.24, 2.45) is 5.73 Å². The Morgan fingerprint density at radius 2 is 1.73 bits per heavy atom. The third-order valence-electron chi connectivity index (χ3n) is 2.60. The van der Waals surface area contributed by atoms with Gasteiger partial charge in [-0.25, -0.2) is 9.97 Å². The average molecular weight is 225 g/mol. The SMILES string of the molecule is CCC(CN)Sc1nc(C)c(C)c(C)n1. The molecule has 0 spiro atoms. The lowest BCUT2D eigenvalue weighted by atomic mass is 10.2. The van der Waals surface area contributed by atoms with Crippen LogP contribution in [-0.4, -0.2) is 21.8 Å². The monoisotopic (exact) mass is 225 g/mol. The molecule has 0 aliphatic heterocycles. The van der Waals surface area contributed by atoms with Gasteiger partial charge in [-0.05, 0) is 32.8 Å². The average Bonchev–Trinajstić information content (AvgIpc) is 2.22. The number of nitrogens with zero attached hydrogens (tertiary/aromatic N) is 2. The zero-order valence-corrected chi connectivity index (χ0v) is 10.7. The van der Waals surface area contributed by atoms with Crippen LogP contribution >= 0.6 is 11.8 Å². The first-order valence-corrected chi connectivity index (χ1v) is 6.15. The molecule has 1 aromatic heterocycles. The fourth-order valence-electron chi connectivity index (χ4n) is 1.24. The highest BCUT2D eigenvalue weighted by atomic mass is 32.2. The van der Waals surface area contributed by atoms with Crippen LogP contribution in [-0.2, 0) is 0 Å². The predicted molar refractivity (Wildman–Crippen MR) is 65.2 cm³/mol. The smallest absolute Gasteiger partial charge is 0.188 e. The minimum Gasteiger partial charge on any atom is -0.329 e. The fraction of sp³-hybridized carbons (Fsp3) is 0.636. The Bertz CT molecular complexity index is 312. The maximum Gasteiger partial charge on any atom is 0.188 e. The highest BCUT2D eigenvalue weighted by molar-refractivity contribution is 7.99. The molecule has 0 fully saturated rings. The molecule has 0 aromatic carbocycles. The van der Waals surface area contributed by atoms with Gasteiger partial charge in [-0.2, -0.15) is 0 Å². The Morgan fingerprint density at radius 3 is 2.13 bits per heavy atom. The summed E-state index contributed by atoms with van der Waals surface area (Å²) in [4.78, 5) is 8.93. The van der Waals surface area contributed by atoms with E-state index in [-0.39, 0.29) is 0 Å². The molecular weight excluding hydrogens is 206 g/mol. The molecular formula is C11H19N3S. The molecule has 1 rings (SSSR count). The lowest BCUT2D eigenvalue weighted by Gasteiger charge is -2.12. The molecule has 2 N–H and O–H groups in total. The lowest BCUT2D eigenvalue weighted by molar-refractivity contribution is 0.809. The first-order chi connectivity index (χ1) is 7.08. The first kappa shape index (κ1) is 12.5. The van der Waals surface area contributed by atoms with Gasteiger partial charge >= 0.3 is 0 Å². The van der Waals surface area contributed by atoms with E-state index in [1.165, 1.54) is 5.56 Å². The van der Waals surface area contributed by atoms with Gasteiger partial charge in [-0.1, -0.05) is 18.7 Å². The molecule has 0 aliphatic rings. The zero-order valence-electron chi connectivity index (χ0n) is 9.87. The molecule has 0 radical (unpaired) electrons. The molecule has 1 unspecified atom stereocenters. The Balaban J connectivity index is 2.87. The Morgan fingerprint density at radius 1 is 1.20 bits per heavy atom. The highest BCUT2D eigenvalue weighted by Gasteiger charge is 2.10. The first-order valence-electron chi connectivity index (χ1n) is 5.27. The summed E-state index contributed by atoms with van der Waals surface area (Å²) in [5.41, 5.74) is 8.97. The van der Waals surface area contributed by atoms with Gasteiger partial charge in [0.2, 0.25) is 0 Å². The summed E-state index contributed by atoms with van der Waals surface area (Å²) >= 11 is 1.68. The van der Waals surface area contributed by atoms with Gasteiger partial charge in [0.1, 0.15) is 0 Å². The normalized spacial score (nSPS) is 12.9. The molecule has 1 heterocycles. The summed E-state index contributed by atoms with van der Waals surface area (Å²) in [6.07, 6.45) is 1.05. The van der Waals surface area contributed by atoms with Crippen LogP contribution < -0.4 is 5.73 Å². The number of aromatic nitrogens is 2. The standard InChI is InChI=1S/C11H19N3S/c1-5-10(6-12)15-11-13-8(3)7(2)9(4)14-11/h10H,5-6,12H2,1-4H3. The fourth-order valence-corrected chi connectivity index (χ4v) is 2.18. The van der Waals surface area contributed by atoms with Crippen molar-refractivity contribution >= 4 is 11.8 Å². The van der Waals surface area contributed by atoms with Crippen molar-refractivity contribution in [3.05, 3.63) is 17.0 Å². The van der Waals surface area contributed by atoms with E-state index in [0.29, 0.717) is 11.8 Å². The molecule has 0 saturated heterocycles. The summed E-state index contributed by atoms with van der Waals surface area (Å²) in [5.74, 6) is 0. The van der Waals surface area contributed by atoms with Gasteiger partial charge in [0.15, 0.2) is 5.16 Å². The molecule has 0 bridgehead atoms. The van der Waals surface area contributed by atoms with E-state index < -0.39 is 0 Å². The largest absolute Gasteiger partial charge is 0.329 e. The molecule has 4 heteroatoms. The van der Waals surface area contributed by atoms with Crippen LogP contribution in [0.3, 0.4) is 0 Å². The van der Waals surface area contributed by atoms with Gasteiger partial charge in [0.05, 0.1) is 0 Å². The predicted octanol–water partition coefficient (Wildman–Crippen LogP) is 2.23. The second-order valence-corrected chi connectivity index (χ2v) is 4.95. The Kier molecular flexibility index (Phi) is 4.54. The van der Waals surface area contributed by atoms with Crippen LogP contribution in [0.4, 0.5) is 0 Å². The molecule has 1 aromatic rings. The molecule has 0 amide bonds. The van der Waals surface area contributed by atoms with Crippen molar-refractivity contribution in [1.82, 2.24) is 9.97 Å². The maximum atomic E-state index is 5.66. The number of thioether (sulfide) groups is 1. The minimum atomic E-state index is 0.423. The third kappa shape index (κ3) is 3.18. The summed E-state index contributed by atoms with van der Waals surface area (Å²) in [7, 11) is 0. The lowest BCUT2D eigenvalue weighted by Crippen LogP contribution is -2.16. The van der Waals surface area contributed by atoms with Crippen molar-refractivity contribution < 1.29 is 0 Å². The minimum absolute atomic E-state index is 0.423. The topological polar surface area (TPSA) is 51.8 Å². The number of hydrogen-bond donors (Lipinski definition) is 1. The number of rotatable bonds is 4. The molecule has 0 aliphatic carbocycles. The summed E-state index contributed by atoms with van der Waals surface area (Å²) < 4.78 is 0. The van der Waals surface area contributed by atoms with Crippen LogP contribution in [0.25, 0.3) is 0 Å². The third-order valence-corrected chi connectivity index (χ3v) is 3.85. The molecule has 84 valence electrons. The van der Waals surface area contributed by atoms with E-state index in [1.54, 1.807) is 11.8 Å². The number of hydrogen-bond acceptors (Lipinski definition) is 4. The second kappa shape index (κ2) is 5.47. The van der Waals surface area contributed by atoms with Crippen molar-refractivity contribution in [3.63, 3.8) is 0 Å². The Hall–Kier alpha value is -0.610. The molecule has 0 saturated carbocycles. The van der Waals surface area contributed by atoms with Crippen LogP contribution in [0.5, 0.6) is 0 Å². The van der Waals surface area contributed by atoms with Crippen molar-refractivity contribution in [1.29, 1.82) is 0 Å². The van der Waals surface area contributed by atoms with Crippen LogP contribution in [0.15, 0.2) is 5.16 Å². The van der Waals surface area contributed by atoms with Gasteiger partial charge in [0.25, 0.3) is 0 Å². The van der Waals surface area contributed by atoms with E-state index in [0.717, 1.165) is 23.0 Å². The number of nitrogens with two attached hydrogens (primary N) is 1. The summed E-state index contributed by atoms with van der Waals surface area (Å²) in [5, 5.41) is 1.28. The van der Waals surface area contributed by atoms with Crippen molar-refractivity contribution in [2.45, 2.75) is 44.5 Å². The number of aryl methyl sites for hydroxylation is 2. The second-order valence-electron chi connectivity index (χ2n) is 3.69. The van der Waals surface area contributed by atoms with E-state index in [2.05, 4.69) is 23.8 Å². The van der Waals surface area contributed by atoms with E-state index >= 15 is 0 Å². The van der Waals surface area contributed by atoms with Gasteiger partial charge in [0, 0.05) is 23.2 Å². The maximum absolute atomic E-state index is 5.66. The Labute approximate surface area is 95.9 Å². The zero-order chi connectivity index (χ0) is 11.4. The van der Waals surface area contributed by atoms with Crippen LogP contribution in [0, 0.1) is 20.8 Å². The van der Waals surface area contributed by atoms with E-state index in [9.17, 15) is 0 Å². The van der Waals surface area contributed by atoms with E-state index in [1.807, 2.05) is 13.8 Å². The van der Waals surface area contributed by atoms with Gasteiger partial charge < -0.3 is 5.73 Å². The summed E-state index contributed by atoms with van der Waals surface area (Å²) in [6.45, 7) is 8.92. The molecule has 15 heavy (non-hydrogen) atoms.